The quantitative estimate of drug-likeness (QED) is 0.715. The Morgan fingerprint density at radius 2 is 2.16 bits per heavy atom. The van der Waals surface area contributed by atoms with Crippen LogP contribution in [-0.4, -0.2) is 49.2 Å². The van der Waals surface area contributed by atoms with Crippen molar-refractivity contribution >= 4 is 15.8 Å². The Balaban J connectivity index is 1.94. The van der Waals surface area contributed by atoms with Gasteiger partial charge in [-0.15, -0.1) is 0 Å². The summed E-state index contributed by atoms with van der Waals surface area (Å²) in [5.41, 5.74) is 5.54. The number of aromatic amines is 1. The summed E-state index contributed by atoms with van der Waals surface area (Å²) in [7, 11) is -3.59. The molecule has 4 N–H and O–H groups in total. The third-order valence-electron chi connectivity index (χ3n) is 3.26. The Kier molecular flexibility index (Phi) is 4.43. The molecule has 1 aliphatic heterocycles. The number of anilines is 1. The van der Waals surface area contributed by atoms with E-state index in [0.717, 1.165) is 19.6 Å². The molecule has 2 rings (SSSR count). The largest absolute Gasteiger partial charge is 0.383 e. The average molecular weight is 287 g/mol. The summed E-state index contributed by atoms with van der Waals surface area (Å²) in [6.07, 6.45) is 4.87. The Morgan fingerprint density at radius 1 is 1.47 bits per heavy atom. The van der Waals surface area contributed by atoms with Gasteiger partial charge in [0.2, 0.25) is 10.0 Å². The van der Waals surface area contributed by atoms with Gasteiger partial charge in [0.05, 0.1) is 6.20 Å². The standard InChI is InChI=1S/C11H21N5O2S/c1-9(8-16-5-3-2-4-6-16)15-19(17,18)10-7-13-14-11(10)12/h7,9,15H,2-6,8H2,1H3,(H3,12,13,14). The molecule has 1 aromatic rings. The molecule has 1 fully saturated rings. The van der Waals surface area contributed by atoms with Crippen LogP contribution in [0.3, 0.4) is 0 Å². The molecule has 0 spiro atoms. The van der Waals surface area contributed by atoms with E-state index in [9.17, 15) is 8.42 Å². The van der Waals surface area contributed by atoms with Gasteiger partial charge < -0.3 is 10.6 Å². The van der Waals surface area contributed by atoms with Crippen molar-refractivity contribution in [3.05, 3.63) is 6.20 Å². The van der Waals surface area contributed by atoms with E-state index >= 15 is 0 Å². The molecule has 2 heterocycles. The number of piperidine rings is 1. The third-order valence-corrected chi connectivity index (χ3v) is 4.88. The number of rotatable bonds is 5. The van der Waals surface area contributed by atoms with Gasteiger partial charge in [0.15, 0.2) is 0 Å². The zero-order valence-corrected chi connectivity index (χ0v) is 11.9. The van der Waals surface area contributed by atoms with E-state index in [1.54, 1.807) is 0 Å². The fourth-order valence-electron chi connectivity index (χ4n) is 2.39. The predicted molar refractivity (Wildman–Crippen MR) is 73.1 cm³/mol. The van der Waals surface area contributed by atoms with Crippen LogP contribution in [0.15, 0.2) is 11.1 Å². The molecule has 1 aromatic heterocycles. The molecular formula is C11H21N5O2S. The molecule has 0 aliphatic carbocycles. The van der Waals surface area contributed by atoms with E-state index in [4.69, 9.17) is 5.73 Å². The average Bonchev–Trinajstić information content (AvgIpc) is 2.76. The van der Waals surface area contributed by atoms with Crippen LogP contribution >= 0.6 is 0 Å². The summed E-state index contributed by atoms with van der Waals surface area (Å²) in [6, 6.07) is -0.155. The minimum atomic E-state index is -3.59. The number of nitrogens with zero attached hydrogens (tertiary/aromatic N) is 2. The van der Waals surface area contributed by atoms with Crippen LogP contribution < -0.4 is 10.5 Å². The first-order valence-electron chi connectivity index (χ1n) is 6.52. The highest BCUT2D eigenvalue weighted by molar-refractivity contribution is 7.89. The summed E-state index contributed by atoms with van der Waals surface area (Å²) in [4.78, 5) is 2.30. The number of sulfonamides is 1. The van der Waals surface area contributed by atoms with E-state index in [1.807, 2.05) is 6.92 Å². The van der Waals surface area contributed by atoms with Crippen molar-refractivity contribution in [2.75, 3.05) is 25.4 Å². The van der Waals surface area contributed by atoms with Crippen LogP contribution in [0.2, 0.25) is 0 Å². The maximum atomic E-state index is 12.1. The molecule has 19 heavy (non-hydrogen) atoms. The minimum Gasteiger partial charge on any atom is -0.383 e. The number of H-pyrrole nitrogens is 1. The molecule has 7 nitrogen and oxygen atoms in total. The molecule has 0 saturated carbocycles. The molecule has 0 aromatic carbocycles. The monoisotopic (exact) mass is 287 g/mol. The lowest BCUT2D eigenvalue weighted by Gasteiger charge is -2.29. The van der Waals surface area contributed by atoms with Gasteiger partial charge in [-0.3, -0.25) is 5.10 Å². The zero-order valence-electron chi connectivity index (χ0n) is 11.1. The van der Waals surface area contributed by atoms with E-state index in [2.05, 4.69) is 19.8 Å². The highest BCUT2D eigenvalue weighted by atomic mass is 32.2. The maximum Gasteiger partial charge on any atom is 0.246 e. The Hall–Kier alpha value is -1.12. The fraction of sp³-hybridized carbons (Fsp3) is 0.727. The summed E-state index contributed by atoms with van der Waals surface area (Å²) < 4.78 is 26.8. The molecule has 1 aliphatic rings. The first-order valence-corrected chi connectivity index (χ1v) is 8.01. The fourth-order valence-corrected chi connectivity index (χ4v) is 3.65. The molecule has 1 unspecified atom stereocenters. The van der Waals surface area contributed by atoms with Crippen molar-refractivity contribution < 1.29 is 8.42 Å². The molecule has 1 atom stereocenters. The number of nitrogen functional groups attached to an aromatic ring is 1. The number of aromatic nitrogens is 2. The molecule has 1 saturated heterocycles. The smallest absolute Gasteiger partial charge is 0.246 e. The summed E-state index contributed by atoms with van der Waals surface area (Å²) in [5.74, 6) is 0.0673. The zero-order chi connectivity index (χ0) is 13.9. The van der Waals surface area contributed by atoms with E-state index in [-0.39, 0.29) is 16.8 Å². The first-order chi connectivity index (χ1) is 8.99. The van der Waals surface area contributed by atoms with Crippen molar-refractivity contribution in [1.29, 1.82) is 0 Å². The Morgan fingerprint density at radius 3 is 2.74 bits per heavy atom. The second-order valence-electron chi connectivity index (χ2n) is 5.03. The van der Waals surface area contributed by atoms with Crippen LogP contribution in [-0.2, 0) is 10.0 Å². The second-order valence-corrected chi connectivity index (χ2v) is 6.71. The number of likely N-dealkylation sites (tertiary alicyclic amines) is 1. The predicted octanol–water partition coefficient (Wildman–Crippen LogP) is 0.145. The van der Waals surface area contributed by atoms with Crippen molar-refractivity contribution in [1.82, 2.24) is 19.8 Å². The summed E-state index contributed by atoms with van der Waals surface area (Å²) in [5, 5.41) is 6.06. The number of nitrogens with one attached hydrogen (secondary N) is 2. The topological polar surface area (TPSA) is 104 Å². The SMILES string of the molecule is CC(CN1CCCCC1)NS(=O)(=O)c1cn[nH]c1N. The molecule has 8 heteroatoms. The molecule has 108 valence electrons. The highest BCUT2D eigenvalue weighted by Crippen LogP contribution is 2.15. The number of hydrogen-bond donors (Lipinski definition) is 3. The van der Waals surface area contributed by atoms with Crippen LogP contribution in [0.4, 0.5) is 5.82 Å². The van der Waals surface area contributed by atoms with Gasteiger partial charge in [0, 0.05) is 12.6 Å². The van der Waals surface area contributed by atoms with Crippen molar-refractivity contribution in [2.24, 2.45) is 0 Å². The summed E-state index contributed by atoms with van der Waals surface area (Å²) in [6.45, 7) is 4.67. The normalized spacial score (nSPS) is 19.4. The Bertz CT molecular complexity index is 507. The van der Waals surface area contributed by atoms with Gasteiger partial charge >= 0.3 is 0 Å². The molecular weight excluding hydrogens is 266 g/mol. The third kappa shape index (κ3) is 3.68. The molecule has 0 radical (unpaired) electrons. The van der Waals surface area contributed by atoms with E-state index in [1.165, 1.54) is 25.5 Å². The van der Waals surface area contributed by atoms with E-state index < -0.39 is 10.0 Å². The van der Waals surface area contributed by atoms with Crippen LogP contribution in [0, 0.1) is 0 Å². The van der Waals surface area contributed by atoms with E-state index in [0.29, 0.717) is 0 Å². The lowest BCUT2D eigenvalue weighted by Crippen LogP contribution is -2.43. The molecule has 0 amide bonds. The lowest BCUT2D eigenvalue weighted by atomic mass is 10.1. The van der Waals surface area contributed by atoms with Gasteiger partial charge in [-0.2, -0.15) is 5.10 Å². The Labute approximate surface area is 113 Å². The van der Waals surface area contributed by atoms with Gasteiger partial charge in [0.25, 0.3) is 0 Å². The van der Waals surface area contributed by atoms with Gasteiger partial charge in [0.1, 0.15) is 10.7 Å². The van der Waals surface area contributed by atoms with Gasteiger partial charge in [-0.25, -0.2) is 13.1 Å². The van der Waals surface area contributed by atoms with Crippen LogP contribution in [0.1, 0.15) is 26.2 Å². The van der Waals surface area contributed by atoms with Gasteiger partial charge in [-0.05, 0) is 32.9 Å². The minimum absolute atomic E-state index is 0.0120. The highest BCUT2D eigenvalue weighted by Gasteiger charge is 2.23. The lowest BCUT2D eigenvalue weighted by molar-refractivity contribution is 0.215. The number of nitrogens with two attached hydrogens (primary N) is 1. The van der Waals surface area contributed by atoms with Crippen LogP contribution in [0.25, 0.3) is 0 Å². The van der Waals surface area contributed by atoms with Crippen molar-refractivity contribution in [3.8, 4) is 0 Å². The van der Waals surface area contributed by atoms with Crippen LogP contribution in [0.5, 0.6) is 0 Å². The summed E-state index contributed by atoms with van der Waals surface area (Å²) >= 11 is 0. The van der Waals surface area contributed by atoms with Crippen molar-refractivity contribution in [2.45, 2.75) is 37.1 Å². The second kappa shape index (κ2) is 5.89. The van der Waals surface area contributed by atoms with Crippen molar-refractivity contribution in [3.63, 3.8) is 0 Å². The molecule has 0 bridgehead atoms. The maximum absolute atomic E-state index is 12.1. The van der Waals surface area contributed by atoms with Gasteiger partial charge in [-0.1, -0.05) is 6.42 Å². The number of hydrogen-bond acceptors (Lipinski definition) is 5. The first kappa shape index (κ1) is 14.3.